The fourth-order valence-corrected chi connectivity index (χ4v) is 3.52. The average molecular weight is 388 g/mol. The fraction of sp³-hybridized carbons (Fsp3) is 0.263. The van der Waals surface area contributed by atoms with E-state index in [1.165, 1.54) is 12.1 Å². The molecule has 0 radical (unpaired) electrons. The molecule has 0 aliphatic heterocycles. The predicted octanol–water partition coefficient (Wildman–Crippen LogP) is 3.34. The van der Waals surface area contributed by atoms with E-state index >= 15 is 0 Å². The summed E-state index contributed by atoms with van der Waals surface area (Å²) in [6, 6.07) is 9.42. The lowest BCUT2D eigenvalue weighted by Gasteiger charge is -2.10. The highest BCUT2D eigenvalue weighted by molar-refractivity contribution is 7.91. The first-order valence-corrected chi connectivity index (χ1v) is 10.1. The molecule has 0 N–H and O–H groups in total. The minimum absolute atomic E-state index is 0.0328. The van der Waals surface area contributed by atoms with Crippen molar-refractivity contribution in [2.75, 3.05) is 12.4 Å². The van der Waals surface area contributed by atoms with Crippen LogP contribution >= 0.6 is 0 Å². The molecule has 0 fully saturated rings. The summed E-state index contributed by atoms with van der Waals surface area (Å²) >= 11 is 0. The van der Waals surface area contributed by atoms with Gasteiger partial charge in [-0.05, 0) is 43.3 Å². The molecule has 0 atom stereocenters. The van der Waals surface area contributed by atoms with Crippen LogP contribution in [0.3, 0.4) is 0 Å². The standard InChI is InChI=1S/C19H20N2O5S/c1-4-25-19(22)13-10-17-16(12-21(3)20-17)18(11-13)26-14-6-8-15(9-7-14)27(23,24)5-2/h6-12H,4-5H2,1-3H3. The van der Waals surface area contributed by atoms with E-state index in [1.807, 2.05) is 0 Å². The molecule has 142 valence electrons. The van der Waals surface area contributed by atoms with Gasteiger partial charge in [-0.3, -0.25) is 4.68 Å². The number of hydrogen-bond donors (Lipinski definition) is 0. The van der Waals surface area contributed by atoms with E-state index in [-0.39, 0.29) is 17.3 Å². The van der Waals surface area contributed by atoms with Crippen LogP contribution in [0.25, 0.3) is 10.9 Å². The lowest BCUT2D eigenvalue weighted by molar-refractivity contribution is 0.0526. The summed E-state index contributed by atoms with van der Waals surface area (Å²) in [7, 11) is -1.50. The van der Waals surface area contributed by atoms with Gasteiger partial charge in [-0.25, -0.2) is 13.2 Å². The third kappa shape index (κ3) is 3.95. The maximum absolute atomic E-state index is 12.1. The second kappa shape index (κ2) is 7.40. The molecule has 0 saturated heterocycles. The molecule has 3 rings (SSSR count). The number of carbonyl (C=O) groups excluding carboxylic acids is 1. The van der Waals surface area contributed by atoms with E-state index < -0.39 is 15.8 Å². The second-order valence-electron chi connectivity index (χ2n) is 5.91. The number of aromatic nitrogens is 2. The Labute approximate surface area is 157 Å². The van der Waals surface area contributed by atoms with Gasteiger partial charge in [-0.15, -0.1) is 0 Å². The van der Waals surface area contributed by atoms with Gasteiger partial charge in [-0.2, -0.15) is 5.10 Å². The molecule has 1 heterocycles. The number of benzene rings is 2. The van der Waals surface area contributed by atoms with Gasteiger partial charge in [0, 0.05) is 13.2 Å². The zero-order valence-electron chi connectivity index (χ0n) is 15.3. The number of sulfone groups is 1. The van der Waals surface area contributed by atoms with Crippen LogP contribution in [0, 0.1) is 0 Å². The molecular formula is C19H20N2O5S. The lowest BCUT2D eigenvalue weighted by atomic mass is 10.1. The molecule has 8 heteroatoms. The Morgan fingerprint density at radius 3 is 2.48 bits per heavy atom. The zero-order valence-corrected chi connectivity index (χ0v) is 16.1. The fourth-order valence-electron chi connectivity index (χ4n) is 2.64. The molecule has 3 aromatic rings. The molecule has 0 aliphatic carbocycles. The van der Waals surface area contributed by atoms with Crippen molar-refractivity contribution in [3.05, 3.63) is 48.2 Å². The molecule has 0 unspecified atom stereocenters. The summed E-state index contributed by atoms with van der Waals surface area (Å²) in [5.41, 5.74) is 0.937. The molecule has 0 spiro atoms. The van der Waals surface area contributed by atoms with Crippen LogP contribution in [0.1, 0.15) is 24.2 Å². The summed E-state index contributed by atoms with van der Waals surface area (Å²) in [5, 5.41) is 5.06. The Bertz CT molecular complexity index is 1090. The predicted molar refractivity (Wildman–Crippen MR) is 101 cm³/mol. The van der Waals surface area contributed by atoms with E-state index in [4.69, 9.17) is 9.47 Å². The summed E-state index contributed by atoms with van der Waals surface area (Å²) in [5.74, 6) is 0.468. The zero-order chi connectivity index (χ0) is 19.6. The number of nitrogens with zero attached hydrogens (tertiary/aromatic N) is 2. The van der Waals surface area contributed by atoms with Gasteiger partial charge in [-0.1, -0.05) is 6.92 Å². The van der Waals surface area contributed by atoms with Crippen molar-refractivity contribution in [1.82, 2.24) is 9.78 Å². The SMILES string of the molecule is CCOC(=O)c1cc(Oc2ccc(S(=O)(=O)CC)cc2)c2cn(C)nc2c1. The first-order valence-electron chi connectivity index (χ1n) is 8.49. The topological polar surface area (TPSA) is 87.5 Å². The molecule has 0 saturated carbocycles. The Morgan fingerprint density at radius 2 is 1.85 bits per heavy atom. The Balaban J connectivity index is 1.99. The monoisotopic (exact) mass is 388 g/mol. The Kier molecular flexibility index (Phi) is 5.18. The molecule has 7 nitrogen and oxygen atoms in total. The van der Waals surface area contributed by atoms with Gasteiger partial charge in [0.05, 0.1) is 33.7 Å². The molecule has 0 aliphatic rings. The minimum atomic E-state index is -3.27. The number of ether oxygens (including phenoxy) is 2. The minimum Gasteiger partial charge on any atom is -0.462 e. The van der Waals surface area contributed by atoms with E-state index in [1.54, 1.807) is 56.0 Å². The summed E-state index contributed by atoms with van der Waals surface area (Å²) in [4.78, 5) is 12.3. The van der Waals surface area contributed by atoms with E-state index in [0.717, 1.165) is 5.39 Å². The number of fused-ring (bicyclic) bond motifs is 1. The normalized spacial score (nSPS) is 11.5. The van der Waals surface area contributed by atoms with Crippen molar-refractivity contribution in [2.24, 2.45) is 7.05 Å². The van der Waals surface area contributed by atoms with Crippen LogP contribution in [-0.4, -0.2) is 36.5 Å². The van der Waals surface area contributed by atoms with E-state index in [2.05, 4.69) is 5.10 Å². The Hall–Kier alpha value is -2.87. The highest BCUT2D eigenvalue weighted by atomic mass is 32.2. The van der Waals surface area contributed by atoms with Crippen LogP contribution in [-0.2, 0) is 21.6 Å². The first-order chi connectivity index (χ1) is 12.8. The second-order valence-corrected chi connectivity index (χ2v) is 8.19. The highest BCUT2D eigenvalue weighted by Crippen LogP contribution is 2.32. The lowest BCUT2D eigenvalue weighted by Crippen LogP contribution is -2.05. The maximum atomic E-state index is 12.1. The molecule has 2 aromatic carbocycles. The summed E-state index contributed by atoms with van der Waals surface area (Å²) < 4.78 is 36.5. The highest BCUT2D eigenvalue weighted by Gasteiger charge is 2.16. The van der Waals surface area contributed by atoms with Crippen LogP contribution in [0.2, 0.25) is 0 Å². The number of carbonyl (C=O) groups is 1. The van der Waals surface area contributed by atoms with Gasteiger partial charge in [0.15, 0.2) is 9.84 Å². The molecule has 1 aromatic heterocycles. The number of esters is 1. The molecule has 0 bridgehead atoms. The van der Waals surface area contributed by atoms with Gasteiger partial charge in [0.2, 0.25) is 0 Å². The van der Waals surface area contributed by atoms with E-state index in [9.17, 15) is 13.2 Å². The van der Waals surface area contributed by atoms with Crippen molar-refractivity contribution in [2.45, 2.75) is 18.7 Å². The van der Waals surface area contributed by atoms with Crippen molar-refractivity contribution >= 4 is 26.7 Å². The first kappa shape index (κ1) is 18.9. The van der Waals surface area contributed by atoms with Gasteiger partial charge >= 0.3 is 5.97 Å². The van der Waals surface area contributed by atoms with E-state index in [0.29, 0.717) is 22.6 Å². The molecular weight excluding hydrogens is 368 g/mol. The largest absolute Gasteiger partial charge is 0.462 e. The Morgan fingerprint density at radius 1 is 1.15 bits per heavy atom. The summed E-state index contributed by atoms with van der Waals surface area (Å²) in [6.07, 6.45) is 1.79. The smallest absolute Gasteiger partial charge is 0.338 e. The third-order valence-electron chi connectivity index (χ3n) is 4.00. The third-order valence-corrected chi connectivity index (χ3v) is 5.75. The van der Waals surface area contributed by atoms with Crippen LogP contribution in [0.4, 0.5) is 0 Å². The van der Waals surface area contributed by atoms with Crippen molar-refractivity contribution in [3.63, 3.8) is 0 Å². The van der Waals surface area contributed by atoms with Gasteiger partial charge in [0.1, 0.15) is 11.5 Å². The average Bonchev–Trinajstić information content (AvgIpc) is 3.03. The van der Waals surface area contributed by atoms with Crippen molar-refractivity contribution in [3.8, 4) is 11.5 Å². The van der Waals surface area contributed by atoms with Crippen molar-refractivity contribution in [1.29, 1.82) is 0 Å². The van der Waals surface area contributed by atoms with Gasteiger partial charge < -0.3 is 9.47 Å². The number of hydrogen-bond acceptors (Lipinski definition) is 6. The van der Waals surface area contributed by atoms with Crippen LogP contribution in [0.5, 0.6) is 11.5 Å². The van der Waals surface area contributed by atoms with Crippen LogP contribution < -0.4 is 4.74 Å². The summed E-state index contributed by atoms with van der Waals surface area (Å²) in [6.45, 7) is 3.60. The maximum Gasteiger partial charge on any atom is 0.338 e. The van der Waals surface area contributed by atoms with Crippen molar-refractivity contribution < 1.29 is 22.7 Å². The van der Waals surface area contributed by atoms with Gasteiger partial charge in [0.25, 0.3) is 0 Å². The number of rotatable bonds is 6. The van der Waals surface area contributed by atoms with Crippen LogP contribution in [0.15, 0.2) is 47.5 Å². The number of aryl methyl sites for hydroxylation is 1. The molecule has 0 amide bonds. The molecule has 27 heavy (non-hydrogen) atoms. The quantitative estimate of drug-likeness (QED) is 0.602.